The molecule has 0 aliphatic heterocycles. The molecule has 0 spiro atoms. The fourth-order valence-electron chi connectivity index (χ4n) is 2.15. The van der Waals surface area contributed by atoms with Gasteiger partial charge in [-0.1, -0.05) is 29.4 Å². The van der Waals surface area contributed by atoms with Crippen LogP contribution < -0.4 is 0 Å². The quantitative estimate of drug-likeness (QED) is 0.584. The largest absolute Gasteiger partial charge is 0.507 e. The predicted molar refractivity (Wildman–Crippen MR) is 74.3 cm³/mol. The van der Waals surface area contributed by atoms with E-state index >= 15 is 0 Å². The van der Waals surface area contributed by atoms with Crippen molar-refractivity contribution in [3.8, 4) is 28.7 Å². The van der Waals surface area contributed by atoms with Crippen molar-refractivity contribution < 1.29 is 9.63 Å². The van der Waals surface area contributed by atoms with Crippen LogP contribution in [-0.4, -0.2) is 30.7 Å². The van der Waals surface area contributed by atoms with Crippen LogP contribution in [0, 0.1) is 0 Å². The maximum Gasteiger partial charge on any atom is 0.262 e. The number of aromatic nitrogens is 5. The Balaban J connectivity index is 1.85. The summed E-state index contributed by atoms with van der Waals surface area (Å²) < 4.78 is 5.20. The third-order valence-electron chi connectivity index (χ3n) is 3.16. The molecular formula is C14H9N5O2. The Morgan fingerprint density at radius 2 is 1.90 bits per heavy atom. The molecule has 0 radical (unpaired) electrons. The Morgan fingerprint density at radius 3 is 2.67 bits per heavy atom. The molecule has 0 aliphatic carbocycles. The number of hydrogen-bond acceptors (Lipinski definition) is 6. The van der Waals surface area contributed by atoms with E-state index in [0.29, 0.717) is 17.1 Å². The molecule has 0 unspecified atom stereocenters. The summed E-state index contributed by atoms with van der Waals surface area (Å²) in [5.41, 5.74) is 0.959. The summed E-state index contributed by atoms with van der Waals surface area (Å²) in [7, 11) is 0. The Kier molecular flexibility index (Phi) is 2.43. The van der Waals surface area contributed by atoms with Crippen molar-refractivity contribution in [3.05, 3.63) is 42.6 Å². The Morgan fingerprint density at radius 1 is 1.10 bits per heavy atom. The number of phenols is 1. The second-order valence-electron chi connectivity index (χ2n) is 4.49. The van der Waals surface area contributed by atoms with E-state index in [-0.39, 0.29) is 11.6 Å². The van der Waals surface area contributed by atoms with Crippen molar-refractivity contribution in [3.63, 3.8) is 0 Å². The van der Waals surface area contributed by atoms with E-state index in [1.165, 1.54) is 6.20 Å². The summed E-state index contributed by atoms with van der Waals surface area (Å²) in [5.74, 6) is 0.631. The number of nitrogens with one attached hydrogen (secondary N) is 1. The van der Waals surface area contributed by atoms with Crippen LogP contribution in [-0.2, 0) is 0 Å². The van der Waals surface area contributed by atoms with Crippen molar-refractivity contribution in [2.24, 2.45) is 0 Å². The van der Waals surface area contributed by atoms with Gasteiger partial charge in [-0.2, -0.15) is 20.4 Å². The van der Waals surface area contributed by atoms with Gasteiger partial charge in [-0.3, -0.25) is 0 Å². The second-order valence-corrected chi connectivity index (χ2v) is 4.49. The SMILES string of the molecule is Oc1cc2ccccc2cc1-c1nc(-c2cn[nH]n2)no1. The zero-order valence-corrected chi connectivity index (χ0v) is 10.7. The highest BCUT2D eigenvalue weighted by Crippen LogP contribution is 2.33. The fraction of sp³-hybridized carbons (Fsp3) is 0. The lowest BCUT2D eigenvalue weighted by Crippen LogP contribution is -1.83. The Labute approximate surface area is 118 Å². The number of benzene rings is 2. The summed E-state index contributed by atoms with van der Waals surface area (Å²) >= 11 is 0. The van der Waals surface area contributed by atoms with E-state index in [9.17, 15) is 5.11 Å². The second kappa shape index (κ2) is 4.41. The molecule has 2 aromatic carbocycles. The average molecular weight is 279 g/mol. The van der Waals surface area contributed by atoms with Crippen LogP contribution in [0.4, 0.5) is 0 Å². The highest BCUT2D eigenvalue weighted by molar-refractivity contribution is 5.89. The first-order valence-corrected chi connectivity index (χ1v) is 6.23. The zero-order valence-electron chi connectivity index (χ0n) is 10.7. The summed E-state index contributed by atoms with van der Waals surface area (Å²) in [5, 5.41) is 26.0. The van der Waals surface area contributed by atoms with Crippen molar-refractivity contribution in [2.45, 2.75) is 0 Å². The van der Waals surface area contributed by atoms with Gasteiger partial charge in [-0.25, -0.2) is 0 Å². The molecule has 2 N–H and O–H groups in total. The molecule has 0 bridgehead atoms. The number of hydrogen-bond donors (Lipinski definition) is 2. The molecular weight excluding hydrogens is 270 g/mol. The van der Waals surface area contributed by atoms with E-state index in [4.69, 9.17) is 4.52 Å². The van der Waals surface area contributed by atoms with E-state index in [1.54, 1.807) is 6.07 Å². The standard InChI is InChI=1S/C14H9N5O2/c20-12-6-9-4-2-1-3-8(9)5-10(12)14-16-13(18-21-14)11-7-15-19-17-11/h1-7,20H,(H,15,17,19). The summed E-state index contributed by atoms with van der Waals surface area (Å²) in [6.07, 6.45) is 1.49. The number of rotatable bonds is 2. The molecule has 102 valence electrons. The summed E-state index contributed by atoms with van der Waals surface area (Å²) in [6.45, 7) is 0. The highest BCUT2D eigenvalue weighted by Gasteiger charge is 2.16. The minimum atomic E-state index is 0.0871. The Hall–Kier alpha value is -3.22. The minimum absolute atomic E-state index is 0.0871. The molecule has 2 aromatic heterocycles. The number of H-pyrrole nitrogens is 1. The first-order valence-electron chi connectivity index (χ1n) is 6.23. The number of fused-ring (bicyclic) bond motifs is 1. The molecule has 0 atom stereocenters. The normalized spacial score (nSPS) is 11.0. The zero-order chi connectivity index (χ0) is 14.2. The number of aromatic hydroxyl groups is 1. The van der Waals surface area contributed by atoms with E-state index in [2.05, 4.69) is 25.6 Å². The van der Waals surface area contributed by atoms with Gasteiger partial charge in [0.15, 0.2) is 5.69 Å². The molecule has 0 fully saturated rings. The average Bonchev–Trinajstić information content (AvgIpc) is 3.17. The molecule has 4 aromatic rings. The monoisotopic (exact) mass is 279 g/mol. The number of phenolic OH excluding ortho intramolecular Hbond substituents is 1. The third kappa shape index (κ3) is 1.91. The molecule has 0 amide bonds. The molecule has 0 aliphatic rings. The smallest absolute Gasteiger partial charge is 0.262 e. The molecule has 0 saturated heterocycles. The van der Waals surface area contributed by atoms with Crippen LogP contribution in [0.15, 0.2) is 47.1 Å². The lowest BCUT2D eigenvalue weighted by atomic mass is 10.1. The lowest BCUT2D eigenvalue weighted by Gasteiger charge is -2.02. The van der Waals surface area contributed by atoms with Gasteiger partial charge >= 0.3 is 0 Å². The maximum atomic E-state index is 10.1. The van der Waals surface area contributed by atoms with Crippen LogP contribution >= 0.6 is 0 Å². The van der Waals surface area contributed by atoms with Crippen LogP contribution in [0.1, 0.15) is 0 Å². The third-order valence-corrected chi connectivity index (χ3v) is 3.16. The lowest BCUT2D eigenvalue weighted by molar-refractivity contribution is 0.426. The van der Waals surface area contributed by atoms with Crippen LogP contribution in [0.25, 0.3) is 33.7 Å². The Bertz CT molecular complexity index is 914. The first-order chi connectivity index (χ1) is 10.3. The minimum Gasteiger partial charge on any atom is -0.507 e. The fourth-order valence-corrected chi connectivity index (χ4v) is 2.15. The van der Waals surface area contributed by atoms with Gasteiger partial charge in [0.2, 0.25) is 5.82 Å². The van der Waals surface area contributed by atoms with Gasteiger partial charge in [-0.15, -0.1) is 0 Å². The molecule has 7 nitrogen and oxygen atoms in total. The summed E-state index contributed by atoms with van der Waals surface area (Å²) in [6, 6.07) is 11.2. The molecule has 7 heteroatoms. The van der Waals surface area contributed by atoms with Gasteiger partial charge in [0.05, 0.1) is 11.8 Å². The van der Waals surface area contributed by atoms with Crippen molar-refractivity contribution in [1.82, 2.24) is 25.6 Å². The van der Waals surface area contributed by atoms with Crippen LogP contribution in [0.5, 0.6) is 5.75 Å². The maximum absolute atomic E-state index is 10.1. The van der Waals surface area contributed by atoms with Gasteiger partial charge < -0.3 is 9.63 Å². The highest BCUT2D eigenvalue weighted by atomic mass is 16.5. The van der Waals surface area contributed by atoms with Crippen molar-refractivity contribution >= 4 is 10.8 Å². The van der Waals surface area contributed by atoms with Crippen LogP contribution in [0.2, 0.25) is 0 Å². The summed E-state index contributed by atoms with van der Waals surface area (Å²) in [4.78, 5) is 4.23. The molecule has 0 saturated carbocycles. The van der Waals surface area contributed by atoms with Crippen molar-refractivity contribution in [2.75, 3.05) is 0 Å². The number of nitrogens with zero attached hydrogens (tertiary/aromatic N) is 4. The van der Waals surface area contributed by atoms with E-state index < -0.39 is 0 Å². The van der Waals surface area contributed by atoms with E-state index in [0.717, 1.165) is 10.8 Å². The van der Waals surface area contributed by atoms with Gasteiger partial charge in [-0.05, 0) is 22.9 Å². The van der Waals surface area contributed by atoms with Gasteiger partial charge in [0.25, 0.3) is 5.89 Å². The molecule has 4 rings (SSSR count). The van der Waals surface area contributed by atoms with Gasteiger partial charge in [0, 0.05) is 0 Å². The van der Waals surface area contributed by atoms with E-state index in [1.807, 2.05) is 30.3 Å². The van der Waals surface area contributed by atoms with Crippen LogP contribution in [0.3, 0.4) is 0 Å². The molecule has 2 heterocycles. The molecule has 21 heavy (non-hydrogen) atoms. The number of aromatic amines is 1. The predicted octanol–water partition coefficient (Wildman–Crippen LogP) is 2.38. The topological polar surface area (TPSA) is 101 Å². The van der Waals surface area contributed by atoms with Crippen molar-refractivity contribution in [1.29, 1.82) is 0 Å². The van der Waals surface area contributed by atoms with Gasteiger partial charge in [0.1, 0.15) is 5.75 Å². The first kappa shape index (κ1) is 11.6.